The molecule has 2 aliphatic rings. The van der Waals surface area contributed by atoms with Crippen molar-refractivity contribution in [3.8, 4) is 0 Å². The van der Waals surface area contributed by atoms with Gasteiger partial charge < -0.3 is 4.74 Å². The van der Waals surface area contributed by atoms with E-state index in [-0.39, 0.29) is 5.72 Å². The second kappa shape index (κ2) is 3.35. The van der Waals surface area contributed by atoms with Crippen molar-refractivity contribution < 1.29 is 4.74 Å². The highest BCUT2D eigenvalue weighted by Gasteiger charge is 2.41. The van der Waals surface area contributed by atoms with Crippen molar-refractivity contribution in [2.45, 2.75) is 44.8 Å². The average molecular weight is 169 g/mol. The van der Waals surface area contributed by atoms with Gasteiger partial charge in [0.25, 0.3) is 0 Å². The van der Waals surface area contributed by atoms with Crippen LogP contribution in [-0.4, -0.2) is 30.3 Å². The Balaban J connectivity index is 2.05. The maximum absolute atomic E-state index is 5.91. The minimum absolute atomic E-state index is 0.174. The number of hydrogen-bond acceptors (Lipinski definition) is 2. The Bertz CT molecular complexity index is 152. The second-order valence-electron chi connectivity index (χ2n) is 3.93. The molecule has 0 bridgehead atoms. The van der Waals surface area contributed by atoms with Crippen molar-refractivity contribution in [3.05, 3.63) is 0 Å². The van der Waals surface area contributed by atoms with Crippen LogP contribution < -0.4 is 0 Å². The van der Waals surface area contributed by atoms with Gasteiger partial charge >= 0.3 is 0 Å². The summed E-state index contributed by atoms with van der Waals surface area (Å²) in [4.78, 5) is 2.52. The normalized spacial score (nSPS) is 29.8. The van der Waals surface area contributed by atoms with Crippen molar-refractivity contribution in [1.29, 1.82) is 0 Å². The van der Waals surface area contributed by atoms with Gasteiger partial charge in [-0.05, 0) is 32.2 Å². The largest absolute Gasteiger partial charge is 0.359 e. The minimum atomic E-state index is 0.174. The summed E-state index contributed by atoms with van der Waals surface area (Å²) in [5, 5.41) is 0. The molecule has 0 N–H and O–H groups in total. The third-order valence-electron chi connectivity index (χ3n) is 3.32. The predicted octanol–water partition coefficient (Wildman–Crippen LogP) is 2.00. The summed E-state index contributed by atoms with van der Waals surface area (Å²) in [7, 11) is 0. The van der Waals surface area contributed by atoms with Crippen molar-refractivity contribution in [1.82, 2.24) is 4.90 Å². The van der Waals surface area contributed by atoms with Crippen LogP contribution in [0.15, 0.2) is 0 Å². The topological polar surface area (TPSA) is 12.5 Å². The van der Waals surface area contributed by atoms with Gasteiger partial charge in [-0.25, -0.2) is 0 Å². The van der Waals surface area contributed by atoms with E-state index in [0.717, 1.165) is 19.7 Å². The first-order chi connectivity index (χ1) is 5.87. The molecule has 1 aliphatic heterocycles. The van der Waals surface area contributed by atoms with E-state index in [4.69, 9.17) is 4.74 Å². The highest BCUT2D eigenvalue weighted by atomic mass is 16.5. The zero-order valence-electron chi connectivity index (χ0n) is 8.01. The van der Waals surface area contributed by atoms with Gasteiger partial charge in [-0.2, -0.15) is 0 Å². The van der Waals surface area contributed by atoms with Crippen molar-refractivity contribution >= 4 is 0 Å². The molecule has 2 heteroatoms. The highest BCUT2D eigenvalue weighted by molar-refractivity contribution is 4.88. The van der Waals surface area contributed by atoms with Crippen LogP contribution in [0, 0.1) is 0 Å². The quantitative estimate of drug-likeness (QED) is 0.595. The van der Waals surface area contributed by atoms with E-state index >= 15 is 0 Å². The fourth-order valence-electron chi connectivity index (χ4n) is 2.65. The first-order valence-corrected chi connectivity index (χ1v) is 5.26. The van der Waals surface area contributed by atoms with E-state index in [2.05, 4.69) is 11.8 Å². The maximum Gasteiger partial charge on any atom is 0.121 e. The molecule has 0 radical (unpaired) electrons. The van der Waals surface area contributed by atoms with Crippen LogP contribution in [0.4, 0.5) is 0 Å². The van der Waals surface area contributed by atoms with Gasteiger partial charge in [-0.3, -0.25) is 4.90 Å². The lowest BCUT2D eigenvalue weighted by Gasteiger charge is -2.39. The highest BCUT2D eigenvalue weighted by Crippen LogP contribution is 2.37. The summed E-state index contributed by atoms with van der Waals surface area (Å²) in [6.45, 7) is 5.50. The van der Waals surface area contributed by atoms with Crippen LogP contribution in [-0.2, 0) is 4.74 Å². The molecule has 1 spiro atoms. The first kappa shape index (κ1) is 8.52. The van der Waals surface area contributed by atoms with Gasteiger partial charge in [0, 0.05) is 6.54 Å². The summed E-state index contributed by atoms with van der Waals surface area (Å²) in [6, 6.07) is 0. The molecular weight excluding hydrogens is 150 g/mol. The van der Waals surface area contributed by atoms with Crippen LogP contribution in [0.3, 0.4) is 0 Å². The lowest BCUT2D eigenvalue weighted by atomic mass is 9.91. The summed E-state index contributed by atoms with van der Waals surface area (Å²) >= 11 is 0. The summed E-state index contributed by atoms with van der Waals surface area (Å²) in [5.74, 6) is 0. The molecule has 0 unspecified atom stereocenters. The van der Waals surface area contributed by atoms with Crippen molar-refractivity contribution in [3.63, 3.8) is 0 Å². The maximum atomic E-state index is 5.91. The molecule has 1 saturated carbocycles. The summed E-state index contributed by atoms with van der Waals surface area (Å²) in [5.41, 5.74) is 0.174. The van der Waals surface area contributed by atoms with E-state index in [1.54, 1.807) is 0 Å². The summed E-state index contributed by atoms with van der Waals surface area (Å²) in [6.07, 6.45) is 6.65. The average Bonchev–Trinajstić information content (AvgIpc) is 2.49. The van der Waals surface area contributed by atoms with E-state index in [1.165, 1.54) is 32.1 Å². The summed E-state index contributed by atoms with van der Waals surface area (Å²) < 4.78 is 5.91. The number of ether oxygens (including phenoxy) is 1. The van der Waals surface area contributed by atoms with Crippen LogP contribution in [0.2, 0.25) is 0 Å². The van der Waals surface area contributed by atoms with E-state index < -0.39 is 0 Å². The Kier molecular flexibility index (Phi) is 2.37. The molecule has 1 aliphatic carbocycles. The third-order valence-corrected chi connectivity index (χ3v) is 3.32. The lowest BCUT2D eigenvalue weighted by Crippen LogP contribution is -2.46. The molecule has 1 saturated heterocycles. The number of hydrogen-bond donors (Lipinski definition) is 0. The molecular formula is C10H19NO. The lowest BCUT2D eigenvalue weighted by molar-refractivity contribution is -0.105. The smallest absolute Gasteiger partial charge is 0.121 e. The SMILES string of the molecule is CCN1CCOC12CCCCC2. The van der Waals surface area contributed by atoms with Gasteiger partial charge in [0.05, 0.1) is 6.61 Å². The number of rotatable bonds is 1. The molecule has 2 fully saturated rings. The third kappa shape index (κ3) is 1.27. The Labute approximate surface area is 74.9 Å². The molecule has 0 atom stereocenters. The van der Waals surface area contributed by atoms with Crippen molar-refractivity contribution in [2.75, 3.05) is 19.7 Å². The Hall–Kier alpha value is -0.0800. The van der Waals surface area contributed by atoms with Gasteiger partial charge in [-0.1, -0.05) is 13.3 Å². The van der Waals surface area contributed by atoms with Crippen LogP contribution >= 0.6 is 0 Å². The van der Waals surface area contributed by atoms with Crippen LogP contribution in [0.25, 0.3) is 0 Å². The molecule has 0 aromatic rings. The molecule has 2 nitrogen and oxygen atoms in total. The molecule has 1 heterocycles. The fraction of sp³-hybridized carbons (Fsp3) is 1.00. The van der Waals surface area contributed by atoms with Crippen LogP contribution in [0.5, 0.6) is 0 Å². The molecule has 0 amide bonds. The molecule has 2 rings (SSSR count). The minimum Gasteiger partial charge on any atom is -0.359 e. The first-order valence-electron chi connectivity index (χ1n) is 5.26. The van der Waals surface area contributed by atoms with Crippen LogP contribution in [0.1, 0.15) is 39.0 Å². The molecule has 0 aromatic carbocycles. The Morgan fingerprint density at radius 3 is 2.67 bits per heavy atom. The molecule has 70 valence electrons. The zero-order valence-corrected chi connectivity index (χ0v) is 8.01. The second-order valence-corrected chi connectivity index (χ2v) is 3.93. The number of likely N-dealkylation sites (N-methyl/N-ethyl adjacent to an activating group) is 1. The van der Waals surface area contributed by atoms with Gasteiger partial charge in [0.1, 0.15) is 5.72 Å². The monoisotopic (exact) mass is 169 g/mol. The Morgan fingerprint density at radius 1 is 1.25 bits per heavy atom. The molecule has 12 heavy (non-hydrogen) atoms. The van der Waals surface area contributed by atoms with Crippen molar-refractivity contribution in [2.24, 2.45) is 0 Å². The standard InChI is InChI=1S/C10H19NO/c1-2-11-8-9-12-10(11)6-4-3-5-7-10/h2-9H2,1H3. The van der Waals surface area contributed by atoms with E-state index in [1.807, 2.05) is 0 Å². The van der Waals surface area contributed by atoms with Gasteiger partial charge in [0.2, 0.25) is 0 Å². The van der Waals surface area contributed by atoms with Gasteiger partial charge in [0.15, 0.2) is 0 Å². The number of nitrogens with zero attached hydrogens (tertiary/aromatic N) is 1. The Morgan fingerprint density at radius 2 is 2.00 bits per heavy atom. The fourth-order valence-corrected chi connectivity index (χ4v) is 2.65. The predicted molar refractivity (Wildman–Crippen MR) is 49.0 cm³/mol. The van der Waals surface area contributed by atoms with Gasteiger partial charge in [-0.15, -0.1) is 0 Å². The van der Waals surface area contributed by atoms with E-state index in [0.29, 0.717) is 0 Å². The zero-order chi connectivity index (χ0) is 8.44. The molecule has 0 aromatic heterocycles. The van der Waals surface area contributed by atoms with E-state index in [9.17, 15) is 0 Å².